The molecule has 0 aliphatic heterocycles. The van der Waals surface area contributed by atoms with E-state index in [1.54, 1.807) is 13.8 Å². The predicted octanol–water partition coefficient (Wildman–Crippen LogP) is 3.20. The summed E-state index contributed by atoms with van der Waals surface area (Å²) >= 11 is 6.81. The fourth-order valence-electron chi connectivity index (χ4n) is 1.88. The van der Waals surface area contributed by atoms with Gasteiger partial charge in [-0.1, -0.05) is 11.6 Å². The number of thiazole rings is 1. The highest BCUT2D eigenvalue weighted by molar-refractivity contribution is 7.13. The highest BCUT2D eigenvalue weighted by Crippen LogP contribution is 2.25. The van der Waals surface area contributed by atoms with Crippen molar-refractivity contribution >= 4 is 34.8 Å². The summed E-state index contributed by atoms with van der Waals surface area (Å²) in [6, 6.07) is 3.12. The van der Waals surface area contributed by atoms with E-state index in [1.807, 2.05) is 0 Å². The zero-order valence-electron chi connectivity index (χ0n) is 12.8. The molecule has 1 unspecified atom stereocenters. The van der Waals surface area contributed by atoms with E-state index in [9.17, 15) is 14.0 Å². The molecule has 0 aliphatic rings. The minimum Gasteiger partial charge on any atom is -0.482 e. The first kappa shape index (κ1) is 18.2. The Kier molecular flexibility index (Phi) is 5.74. The standard InChI is InChI=1S/C15H14ClFN2O4S/c1-7-13(15(21)22)24-14(19-7)8(2)18-12(20)6-23-11-4-3-9(17)5-10(11)16/h3-5,8H,6H2,1-2H3,(H,18,20)(H,21,22). The largest absolute Gasteiger partial charge is 0.482 e. The molecule has 6 nitrogen and oxygen atoms in total. The first-order valence-corrected chi connectivity index (χ1v) is 8.05. The van der Waals surface area contributed by atoms with Crippen LogP contribution in [0.2, 0.25) is 5.02 Å². The van der Waals surface area contributed by atoms with Crippen molar-refractivity contribution in [1.82, 2.24) is 10.3 Å². The number of aromatic nitrogens is 1. The van der Waals surface area contributed by atoms with E-state index in [0.717, 1.165) is 17.4 Å². The molecule has 1 aromatic heterocycles. The second kappa shape index (κ2) is 7.59. The monoisotopic (exact) mass is 372 g/mol. The average molecular weight is 373 g/mol. The lowest BCUT2D eigenvalue weighted by atomic mass is 10.3. The Balaban J connectivity index is 1.94. The zero-order chi connectivity index (χ0) is 17.9. The number of nitrogens with one attached hydrogen (secondary N) is 1. The summed E-state index contributed by atoms with van der Waals surface area (Å²) in [5, 5.41) is 12.2. The Morgan fingerprint density at radius 2 is 2.21 bits per heavy atom. The maximum absolute atomic E-state index is 12.9. The molecule has 2 N–H and O–H groups in total. The molecule has 0 fully saturated rings. The van der Waals surface area contributed by atoms with Crippen LogP contribution in [-0.2, 0) is 4.79 Å². The third kappa shape index (κ3) is 4.42. The van der Waals surface area contributed by atoms with Crippen molar-refractivity contribution in [3.05, 3.63) is 44.6 Å². The topological polar surface area (TPSA) is 88.5 Å². The molecule has 9 heteroatoms. The number of carboxylic acid groups (broad SMARTS) is 1. The van der Waals surface area contributed by atoms with Gasteiger partial charge in [0.25, 0.3) is 5.91 Å². The van der Waals surface area contributed by atoms with Gasteiger partial charge in [-0.25, -0.2) is 14.2 Å². The van der Waals surface area contributed by atoms with E-state index in [1.165, 1.54) is 12.1 Å². The number of rotatable bonds is 6. The first-order valence-electron chi connectivity index (χ1n) is 6.85. The maximum atomic E-state index is 12.9. The molecule has 0 saturated heterocycles. The SMILES string of the molecule is Cc1nc(C(C)NC(=O)COc2ccc(F)cc2Cl)sc1C(=O)O. The van der Waals surface area contributed by atoms with Crippen LogP contribution in [0.4, 0.5) is 4.39 Å². The van der Waals surface area contributed by atoms with Gasteiger partial charge in [0.1, 0.15) is 21.5 Å². The van der Waals surface area contributed by atoms with Gasteiger partial charge in [0, 0.05) is 0 Å². The smallest absolute Gasteiger partial charge is 0.347 e. The molecule has 0 bridgehead atoms. The van der Waals surface area contributed by atoms with Gasteiger partial charge in [0.2, 0.25) is 0 Å². The molecule has 128 valence electrons. The van der Waals surface area contributed by atoms with E-state index in [4.69, 9.17) is 21.4 Å². The van der Waals surface area contributed by atoms with Crippen molar-refractivity contribution in [3.63, 3.8) is 0 Å². The second-order valence-electron chi connectivity index (χ2n) is 4.92. The number of nitrogens with zero attached hydrogens (tertiary/aromatic N) is 1. The van der Waals surface area contributed by atoms with Crippen LogP contribution in [0.25, 0.3) is 0 Å². The van der Waals surface area contributed by atoms with Crippen LogP contribution in [0.15, 0.2) is 18.2 Å². The summed E-state index contributed by atoms with van der Waals surface area (Å²) in [7, 11) is 0. The molecular formula is C15H14ClFN2O4S. The summed E-state index contributed by atoms with van der Waals surface area (Å²) < 4.78 is 18.2. The van der Waals surface area contributed by atoms with Gasteiger partial charge in [0.05, 0.1) is 16.8 Å². The lowest BCUT2D eigenvalue weighted by Crippen LogP contribution is -2.31. The van der Waals surface area contributed by atoms with E-state index >= 15 is 0 Å². The number of amides is 1. The molecule has 0 spiro atoms. The van der Waals surface area contributed by atoms with Gasteiger partial charge in [0.15, 0.2) is 6.61 Å². The molecular weight excluding hydrogens is 359 g/mol. The van der Waals surface area contributed by atoms with Crippen LogP contribution in [0.1, 0.15) is 33.3 Å². The summed E-state index contributed by atoms with van der Waals surface area (Å²) in [4.78, 5) is 27.2. The molecule has 0 saturated carbocycles. The number of carbonyl (C=O) groups is 2. The number of benzene rings is 1. The van der Waals surface area contributed by atoms with Crippen molar-refractivity contribution in [2.75, 3.05) is 6.61 Å². The molecule has 2 aromatic rings. The molecule has 1 heterocycles. The lowest BCUT2D eigenvalue weighted by molar-refractivity contribution is -0.123. The van der Waals surface area contributed by atoms with E-state index in [2.05, 4.69) is 10.3 Å². The summed E-state index contributed by atoms with van der Waals surface area (Å²) in [5.41, 5.74) is 0.401. The van der Waals surface area contributed by atoms with Crippen LogP contribution in [0, 0.1) is 12.7 Å². The van der Waals surface area contributed by atoms with Gasteiger partial charge in [-0.05, 0) is 32.0 Å². The van der Waals surface area contributed by atoms with Gasteiger partial charge in [-0.15, -0.1) is 11.3 Å². The third-order valence-corrected chi connectivity index (χ3v) is 4.63. The number of carbonyl (C=O) groups excluding carboxylic acids is 1. The summed E-state index contributed by atoms with van der Waals surface area (Å²) in [5.74, 6) is -1.80. The van der Waals surface area contributed by atoms with Crippen LogP contribution in [0.5, 0.6) is 5.75 Å². The Morgan fingerprint density at radius 3 is 2.79 bits per heavy atom. The number of hydrogen-bond acceptors (Lipinski definition) is 5. The normalized spacial score (nSPS) is 11.8. The van der Waals surface area contributed by atoms with E-state index in [-0.39, 0.29) is 22.3 Å². The summed E-state index contributed by atoms with van der Waals surface area (Å²) in [6.07, 6.45) is 0. The molecule has 0 radical (unpaired) electrons. The van der Waals surface area contributed by atoms with Gasteiger partial charge in [-0.2, -0.15) is 0 Å². The minimum absolute atomic E-state index is 0.0671. The third-order valence-electron chi connectivity index (χ3n) is 3.01. The highest BCUT2D eigenvalue weighted by Gasteiger charge is 2.19. The number of aromatic carboxylic acids is 1. The van der Waals surface area contributed by atoms with Crippen LogP contribution >= 0.6 is 22.9 Å². The van der Waals surface area contributed by atoms with Gasteiger partial charge >= 0.3 is 5.97 Å². The molecule has 1 amide bonds. The van der Waals surface area contributed by atoms with Crippen molar-refractivity contribution in [2.24, 2.45) is 0 Å². The highest BCUT2D eigenvalue weighted by atomic mass is 35.5. The van der Waals surface area contributed by atoms with Crippen molar-refractivity contribution < 1.29 is 23.8 Å². The summed E-state index contributed by atoms with van der Waals surface area (Å²) in [6.45, 7) is 2.97. The molecule has 0 aliphatic carbocycles. The van der Waals surface area contributed by atoms with Crippen molar-refractivity contribution in [2.45, 2.75) is 19.9 Å². The molecule has 2 rings (SSSR count). The number of aryl methyl sites for hydroxylation is 1. The van der Waals surface area contributed by atoms with Crippen molar-refractivity contribution in [3.8, 4) is 5.75 Å². The number of carboxylic acids is 1. The minimum atomic E-state index is -1.05. The Labute approximate surface area is 146 Å². The Hall–Kier alpha value is -2.19. The number of hydrogen-bond donors (Lipinski definition) is 2. The van der Waals surface area contributed by atoms with Gasteiger partial charge < -0.3 is 15.2 Å². The molecule has 1 atom stereocenters. The zero-order valence-corrected chi connectivity index (χ0v) is 14.4. The van der Waals surface area contributed by atoms with E-state index < -0.39 is 23.7 Å². The van der Waals surface area contributed by atoms with Crippen molar-refractivity contribution in [1.29, 1.82) is 0 Å². The number of ether oxygens (including phenoxy) is 1. The fraction of sp³-hybridized carbons (Fsp3) is 0.267. The Morgan fingerprint density at radius 1 is 1.50 bits per heavy atom. The lowest BCUT2D eigenvalue weighted by Gasteiger charge is -2.12. The second-order valence-corrected chi connectivity index (χ2v) is 6.36. The van der Waals surface area contributed by atoms with Crippen LogP contribution in [-0.4, -0.2) is 28.6 Å². The molecule has 24 heavy (non-hydrogen) atoms. The first-order chi connectivity index (χ1) is 11.3. The van der Waals surface area contributed by atoms with Gasteiger partial charge in [-0.3, -0.25) is 4.79 Å². The molecule has 1 aromatic carbocycles. The number of halogens is 2. The quantitative estimate of drug-likeness (QED) is 0.812. The fourth-order valence-corrected chi connectivity index (χ4v) is 3.01. The van der Waals surface area contributed by atoms with Crippen LogP contribution in [0.3, 0.4) is 0 Å². The average Bonchev–Trinajstić information content (AvgIpc) is 2.88. The predicted molar refractivity (Wildman–Crippen MR) is 87.3 cm³/mol. The van der Waals surface area contributed by atoms with Crippen LogP contribution < -0.4 is 10.1 Å². The van der Waals surface area contributed by atoms with E-state index in [0.29, 0.717) is 10.7 Å². The Bertz CT molecular complexity index is 781. The maximum Gasteiger partial charge on any atom is 0.347 e.